The number of benzene rings is 3. The SMILES string of the molecule is CC/C(=C(\c1ccc(C)cc1)c1ccc(O)cc1)c1ccccc1.CCCNC. The Morgan fingerprint density at radius 3 is 1.76 bits per heavy atom. The van der Waals surface area contributed by atoms with E-state index in [1.807, 2.05) is 25.2 Å². The van der Waals surface area contributed by atoms with Gasteiger partial charge in [0.2, 0.25) is 0 Å². The monoisotopic (exact) mass is 387 g/mol. The molecule has 3 aromatic rings. The van der Waals surface area contributed by atoms with Gasteiger partial charge in [0.25, 0.3) is 0 Å². The fourth-order valence-electron chi connectivity index (χ4n) is 3.28. The summed E-state index contributed by atoms with van der Waals surface area (Å²) in [7, 11) is 1.96. The van der Waals surface area contributed by atoms with Gasteiger partial charge in [0, 0.05) is 0 Å². The van der Waals surface area contributed by atoms with Crippen LogP contribution in [0.15, 0.2) is 78.9 Å². The molecule has 0 amide bonds. The van der Waals surface area contributed by atoms with Crippen molar-refractivity contribution < 1.29 is 5.11 Å². The summed E-state index contributed by atoms with van der Waals surface area (Å²) >= 11 is 0. The lowest BCUT2D eigenvalue weighted by molar-refractivity contribution is 0.475. The number of phenols is 1. The van der Waals surface area contributed by atoms with E-state index in [1.165, 1.54) is 34.3 Å². The van der Waals surface area contributed by atoms with Crippen molar-refractivity contribution in [3.63, 3.8) is 0 Å². The van der Waals surface area contributed by atoms with E-state index in [9.17, 15) is 5.11 Å². The van der Waals surface area contributed by atoms with Gasteiger partial charge in [-0.2, -0.15) is 0 Å². The minimum absolute atomic E-state index is 0.291. The Morgan fingerprint density at radius 2 is 1.31 bits per heavy atom. The van der Waals surface area contributed by atoms with Crippen molar-refractivity contribution in [2.24, 2.45) is 0 Å². The number of aryl methyl sites for hydroxylation is 1. The van der Waals surface area contributed by atoms with E-state index in [0.717, 1.165) is 18.5 Å². The molecule has 0 saturated heterocycles. The van der Waals surface area contributed by atoms with Gasteiger partial charge in [-0.15, -0.1) is 0 Å². The third-order valence-corrected chi connectivity index (χ3v) is 4.77. The first-order chi connectivity index (χ1) is 14.1. The average molecular weight is 388 g/mol. The summed E-state index contributed by atoms with van der Waals surface area (Å²) in [6.45, 7) is 7.58. The first kappa shape index (κ1) is 22.4. The van der Waals surface area contributed by atoms with Crippen LogP contribution in [0.4, 0.5) is 0 Å². The third-order valence-electron chi connectivity index (χ3n) is 4.77. The van der Waals surface area contributed by atoms with E-state index in [0.29, 0.717) is 5.75 Å². The number of aromatic hydroxyl groups is 1. The van der Waals surface area contributed by atoms with Crippen molar-refractivity contribution in [2.75, 3.05) is 13.6 Å². The maximum Gasteiger partial charge on any atom is 0.115 e. The summed E-state index contributed by atoms with van der Waals surface area (Å²) in [5.41, 5.74) is 7.35. The molecule has 0 bridgehead atoms. The fraction of sp³-hybridized carbons (Fsp3) is 0.259. The zero-order valence-corrected chi connectivity index (χ0v) is 18.1. The van der Waals surface area contributed by atoms with Gasteiger partial charge in [0.15, 0.2) is 0 Å². The maximum absolute atomic E-state index is 9.64. The van der Waals surface area contributed by atoms with Crippen molar-refractivity contribution in [2.45, 2.75) is 33.6 Å². The Hall–Kier alpha value is -2.84. The first-order valence-electron chi connectivity index (χ1n) is 10.4. The quantitative estimate of drug-likeness (QED) is 0.462. The maximum atomic E-state index is 9.64. The largest absolute Gasteiger partial charge is 0.508 e. The predicted octanol–water partition coefficient (Wildman–Crippen LogP) is 6.69. The lowest BCUT2D eigenvalue weighted by Gasteiger charge is -2.16. The zero-order valence-electron chi connectivity index (χ0n) is 18.1. The van der Waals surface area contributed by atoms with Gasteiger partial charge in [-0.1, -0.05) is 86.1 Å². The van der Waals surface area contributed by atoms with E-state index in [4.69, 9.17) is 0 Å². The zero-order chi connectivity index (χ0) is 21.1. The number of phenolic OH excluding ortho intramolecular Hbond substituents is 1. The van der Waals surface area contributed by atoms with Crippen molar-refractivity contribution in [1.82, 2.24) is 5.32 Å². The number of rotatable bonds is 6. The minimum atomic E-state index is 0.291. The lowest BCUT2D eigenvalue weighted by atomic mass is 9.88. The van der Waals surface area contributed by atoms with E-state index < -0.39 is 0 Å². The molecule has 2 heteroatoms. The van der Waals surface area contributed by atoms with E-state index in [1.54, 1.807) is 12.1 Å². The Morgan fingerprint density at radius 1 is 0.759 bits per heavy atom. The molecule has 0 aliphatic heterocycles. The molecule has 2 nitrogen and oxygen atoms in total. The molecule has 0 heterocycles. The molecule has 0 spiro atoms. The van der Waals surface area contributed by atoms with Gasteiger partial charge in [0.05, 0.1) is 0 Å². The Bertz CT molecular complexity index is 829. The normalized spacial score (nSPS) is 11.3. The molecular weight excluding hydrogens is 354 g/mol. The van der Waals surface area contributed by atoms with Gasteiger partial charge < -0.3 is 10.4 Å². The van der Waals surface area contributed by atoms with Gasteiger partial charge >= 0.3 is 0 Å². The number of nitrogens with one attached hydrogen (secondary N) is 1. The second kappa shape index (κ2) is 11.9. The van der Waals surface area contributed by atoms with Crippen LogP contribution in [0.5, 0.6) is 5.75 Å². The topological polar surface area (TPSA) is 32.3 Å². The molecule has 0 fully saturated rings. The van der Waals surface area contributed by atoms with Gasteiger partial charge in [-0.25, -0.2) is 0 Å². The molecule has 29 heavy (non-hydrogen) atoms. The van der Waals surface area contributed by atoms with Crippen molar-refractivity contribution in [1.29, 1.82) is 0 Å². The molecule has 0 atom stereocenters. The second-order valence-electron chi connectivity index (χ2n) is 7.09. The molecule has 0 aliphatic carbocycles. The van der Waals surface area contributed by atoms with Crippen LogP contribution in [0.25, 0.3) is 11.1 Å². The number of hydrogen-bond acceptors (Lipinski definition) is 2. The van der Waals surface area contributed by atoms with Crippen molar-refractivity contribution in [3.8, 4) is 5.75 Å². The summed E-state index contributed by atoms with van der Waals surface area (Å²) in [6.07, 6.45) is 2.17. The Balaban J connectivity index is 0.000000537. The summed E-state index contributed by atoms with van der Waals surface area (Å²) in [4.78, 5) is 0. The highest BCUT2D eigenvalue weighted by atomic mass is 16.3. The Labute approximate surface area is 175 Å². The smallest absolute Gasteiger partial charge is 0.115 e. The van der Waals surface area contributed by atoms with Crippen LogP contribution < -0.4 is 5.32 Å². The summed E-state index contributed by atoms with van der Waals surface area (Å²) in [5.74, 6) is 0.291. The van der Waals surface area contributed by atoms with Gasteiger partial charge in [0.1, 0.15) is 5.75 Å². The molecule has 0 aromatic heterocycles. The standard InChI is InChI=1S/C23H22O.C4H11N/c1-3-22(18-7-5-4-6-8-18)23(19-11-9-17(2)10-12-19)20-13-15-21(24)16-14-20;1-3-4-5-2/h4-16,24H,3H2,1-2H3;5H,3-4H2,1-2H3/b23-22-;. The van der Waals surface area contributed by atoms with Crippen LogP contribution in [0.2, 0.25) is 0 Å². The Kier molecular flexibility index (Phi) is 9.20. The fourth-order valence-corrected chi connectivity index (χ4v) is 3.28. The first-order valence-corrected chi connectivity index (χ1v) is 10.4. The second-order valence-corrected chi connectivity index (χ2v) is 7.09. The van der Waals surface area contributed by atoms with Crippen molar-refractivity contribution >= 4 is 11.1 Å². The highest BCUT2D eigenvalue weighted by Crippen LogP contribution is 2.34. The third kappa shape index (κ3) is 6.62. The van der Waals surface area contributed by atoms with Gasteiger partial charge in [-0.3, -0.25) is 0 Å². The van der Waals surface area contributed by atoms with Crippen LogP contribution in [-0.2, 0) is 0 Å². The molecule has 0 saturated carbocycles. The molecule has 0 aliphatic rings. The highest BCUT2D eigenvalue weighted by Gasteiger charge is 2.12. The lowest BCUT2D eigenvalue weighted by Crippen LogP contribution is -2.04. The minimum Gasteiger partial charge on any atom is -0.508 e. The number of hydrogen-bond donors (Lipinski definition) is 2. The molecule has 152 valence electrons. The van der Waals surface area contributed by atoms with Crippen LogP contribution >= 0.6 is 0 Å². The molecule has 0 radical (unpaired) electrons. The van der Waals surface area contributed by atoms with Crippen LogP contribution in [-0.4, -0.2) is 18.7 Å². The van der Waals surface area contributed by atoms with E-state index >= 15 is 0 Å². The summed E-state index contributed by atoms with van der Waals surface area (Å²) in [6, 6.07) is 26.6. The average Bonchev–Trinajstić information content (AvgIpc) is 2.75. The molecule has 3 rings (SSSR count). The molecule has 2 N–H and O–H groups in total. The van der Waals surface area contributed by atoms with E-state index in [-0.39, 0.29) is 0 Å². The summed E-state index contributed by atoms with van der Waals surface area (Å²) in [5, 5.41) is 12.7. The van der Waals surface area contributed by atoms with Crippen molar-refractivity contribution in [3.05, 3.63) is 101 Å². The molecular formula is C27H33NO. The highest BCUT2D eigenvalue weighted by molar-refractivity contribution is 5.98. The van der Waals surface area contributed by atoms with E-state index in [2.05, 4.69) is 74.6 Å². The van der Waals surface area contributed by atoms with Crippen LogP contribution in [0.3, 0.4) is 0 Å². The van der Waals surface area contributed by atoms with Crippen LogP contribution in [0.1, 0.15) is 48.9 Å². The molecule has 0 unspecified atom stereocenters. The molecule has 3 aromatic carbocycles. The van der Waals surface area contributed by atoms with Crippen LogP contribution in [0, 0.1) is 6.92 Å². The summed E-state index contributed by atoms with van der Waals surface area (Å²) < 4.78 is 0. The number of allylic oxidation sites excluding steroid dienone is 1. The predicted molar refractivity (Wildman–Crippen MR) is 126 cm³/mol. The van der Waals surface area contributed by atoms with Gasteiger partial charge in [-0.05, 0) is 73.3 Å².